The molecule has 0 radical (unpaired) electrons. The number of hydrogen-bond acceptors (Lipinski definition) is 5. The van der Waals surface area contributed by atoms with E-state index in [1.54, 1.807) is 6.07 Å². The van der Waals surface area contributed by atoms with E-state index in [-0.39, 0.29) is 17.2 Å². The lowest BCUT2D eigenvalue weighted by Crippen LogP contribution is -2.48. The number of carboxylic acid groups (broad SMARTS) is 1. The average Bonchev–Trinajstić information content (AvgIpc) is 3.02. The Bertz CT molecular complexity index is 780. The van der Waals surface area contributed by atoms with Gasteiger partial charge in [0.1, 0.15) is 0 Å². The molecule has 0 aromatic heterocycles. The fourth-order valence-electron chi connectivity index (χ4n) is 3.19. The van der Waals surface area contributed by atoms with Gasteiger partial charge in [-0.25, -0.2) is 13.2 Å². The van der Waals surface area contributed by atoms with Crippen LogP contribution in [0.4, 0.5) is 0 Å². The number of aliphatic carboxylic acids is 1. The topological polar surface area (TPSA) is 110 Å². The summed E-state index contributed by atoms with van der Waals surface area (Å²) in [5, 5.41) is 11.9. The lowest BCUT2D eigenvalue weighted by atomic mass is 10.00. The van der Waals surface area contributed by atoms with Gasteiger partial charge in [0, 0.05) is 12.2 Å². The summed E-state index contributed by atoms with van der Waals surface area (Å²) >= 11 is 0. The van der Waals surface area contributed by atoms with Crippen LogP contribution < -0.4 is 5.32 Å². The first-order valence-electron chi connectivity index (χ1n) is 7.85. The van der Waals surface area contributed by atoms with Gasteiger partial charge in [-0.3, -0.25) is 4.79 Å². The van der Waals surface area contributed by atoms with Crippen LogP contribution in [0.5, 0.6) is 0 Å². The maximum Gasteiger partial charge on any atom is 0.337 e. The molecule has 1 unspecified atom stereocenters. The van der Waals surface area contributed by atoms with Crippen molar-refractivity contribution in [3.05, 3.63) is 29.3 Å². The summed E-state index contributed by atoms with van der Waals surface area (Å²) in [7, 11) is -3.26. The number of carbonyl (C=O) groups is 2. The first-order chi connectivity index (χ1) is 11.3. The number of carbonyl (C=O) groups excluding carboxylic acids is 1. The second-order valence-corrected chi connectivity index (χ2v) is 8.26. The van der Waals surface area contributed by atoms with Gasteiger partial charge in [0.15, 0.2) is 15.4 Å². The van der Waals surface area contributed by atoms with Crippen molar-refractivity contribution in [2.75, 3.05) is 18.9 Å². The van der Waals surface area contributed by atoms with E-state index in [2.05, 4.69) is 5.32 Å². The zero-order valence-electron chi connectivity index (χ0n) is 13.1. The lowest BCUT2D eigenvalue weighted by Gasteiger charge is -2.23. The summed E-state index contributed by atoms with van der Waals surface area (Å²) in [4.78, 5) is 24.0. The number of benzene rings is 1. The molecule has 2 heterocycles. The molecular weight excluding hydrogens is 334 g/mol. The molecule has 0 aliphatic carbocycles. The molecule has 1 aromatic rings. The molecule has 0 saturated carbocycles. The minimum atomic E-state index is -3.26. The van der Waals surface area contributed by atoms with Crippen molar-refractivity contribution in [3.63, 3.8) is 0 Å². The Hall–Kier alpha value is -1.93. The normalized spacial score (nSPS) is 25.0. The minimum Gasteiger partial charge on any atom is -0.479 e. The van der Waals surface area contributed by atoms with Gasteiger partial charge in [-0.05, 0) is 49.4 Å². The van der Waals surface area contributed by atoms with E-state index in [0.717, 1.165) is 0 Å². The number of amides is 1. The number of aryl methyl sites for hydroxylation is 1. The van der Waals surface area contributed by atoms with E-state index in [4.69, 9.17) is 4.74 Å². The van der Waals surface area contributed by atoms with Crippen LogP contribution in [-0.4, -0.2) is 49.9 Å². The highest BCUT2D eigenvalue weighted by Crippen LogP contribution is 2.27. The van der Waals surface area contributed by atoms with Crippen LogP contribution in [0.3, 0.4) is 0 Å². The number of nitrogens with one attached hydrogen (secondary N) is 1. The van der Waals surface area contributed by atoms with Gasteiger partial charge < -0.3 is 15.2 Å². The van der Waals surface area contributed by atoms with Gasteiger partial charge in [-0.1, -0.05) is 0 Å². The summed E-state index contributed by atoms with van der Waals surface area (Å²) < 4.78 is 29.3. The molecule has 3 rings (SSSR count). The predicted octanol–water partition coefficient (Wildman–Crippen LogP) is 0.770. The average molecular weight is 353 g/mol. The monoisotopic (exact) mass is 353 g/mol. The van der Waals surface area contributed by atoms with Crippen molar-refractivity contribution >= 4 is 21.7 Å². The summed E-state index contributed by atoms with van der Waals surface area (Å²) in [5.41, 5.74) is -0.406. The maximum atomic E-state index is 12.3. The Morgan fingerprint density at radius 3 is 2.75 bits per heavy atom. The van der Waals surface area contributed by atoms with Crippen LogP contribution in [0.25, 0.3) is 0 Å². The minimum absolute atomic E-state index is 0.115. The molecule has 130 valence electrons. The molecule has 2 aliphatic rings. The largest absolute Gasteiger partial charge is 0.479 e. The quantitative estimate of drug-likeness (QED) is 0.827. The molecule has 1 fully saturated rings. The van der Waals surface area contributed by atoms with E-state index in [0.29, 0.717) is 43.4 Å². The van der Waals surface area contributed by atoms with E-state index in [1.807, 2.05) is 0 Å². The third kappa shape index (κ3) is 3.03. The van der Waals surface area contributed by atoms with Crippen LogP contribution >= 0.6 is 0 Å². The highest BCUT2D eigenvalue weighted by molar-refractivity contribution is 7.91. The van der Waals surface area contributed by atoms with Gasteiger partial charge in [-0.2, -0.15) is 0 Å². The van der Waals surface area contributed by atoms with E-state index >= 15 is 0 Å². The van der Waals surface area contributed by atoms with Crippen LogP contribution in [0.1, 0.15) is 35.2 Å². The third-order valence-electron chi connectivity index (χ3n) is 4.54. The molecule has 8 heteroatoms. The second-order valence-electron chi connectivity index (χ2n) is 6.18. The Labute approximate surface area is 139 Å². The van der Waals surface area contributed by atoms with Crippen LogP contribution in [0.15, 0.2) is 23.1 Å². The number of ether oxygens (including phenoxy) is 1. The standard InChI is InChI=1S/C16H19NO6S/c18-14(17-10-16(15(19)20)6-2-7-23-16)12-4-5-13-11(9-12)3-1-8-24(13,21)22/h4-5,9H,1-3,6-8,10H2,(H,17,18)(H,19,20). The van der Waals surface area contributed by atoms with E-state index in [9.17, 15) is 23.1 Å². The van der Waals surface area contributed by atoms with Crippen molar-refractivity contribution in [2.45, 2.75) is 36.2 Å². The zero-order valence-corrected chi connectivity index (χ0v) is 13.9. The van der Waals surface area contributed by atoms with Crippen LogP contribution in [-0.2, 0) is 25.8 Å². The number of fused-ring (bicyclic) bond motifs is 1. The Kier molecular flexibility index (Phi) is 4.35. The van der Waals surface area contributed by atoms with Crippen molar-refractivity contribution in [1.29, 1.82) is 0 Å². The molecule has 0 spiro atoms. The van der Waals surface area contributed by atoms with Gasteiger partial charge >= 0.3 is 5.97 Å². The van der Waals surface area contributed by atoms with Crippen LogP contribution in [0, 0.1) is 0 Å². The highest BCUT2D eigenvalue weighted by Gasteiger charge is 2.43. The fourth-order valence-corrected chi connectivity index (χ4v) is 4.77. The van der Waals surface area contributed by atoms with Gasteiger partial charge in [0.05, 0.1) is 17.2 Å². The van der Waals surface area contributed by atoms with Gasteiger partial charge in [0.2, 0.25) is 0 Å². The summed E-state index contributed by atoms with van der Waals surface area (Å²) in [6.45, 7) is 0.245. The molecular formula is C16H19NO6S. The molecule has 2 aliphatic heterocycles. The van der Waals surface area contributed by atoms with E-state index in [1.165, 1.54) is 12.1 Å². The zero-order chi connectivity index (χ0) is 17.4. The van der Waals surface area contributed by atoms with Crippen molar-refractivity contribution in [1.82, 2.24) is 5.32 Å². The molecule has 1 saturated heterocycles. The van der Waals surface area contributed by atoms with Crippen LogP contribution in [0.2, 0.25) is 0 Å². The molecule has 7 nitrogen and oxygen atoms in total. The SMILES string of the molecule is O=C(NCC1(C(=O)O)CCCO1)c1ccc2c(c1)CCCS2(=O)=O. The highest BCUT2D eigenvalue weighted by atomic mass is 32.2. The Balaban J connectivity index is 1.75. The summed E-state index contributed by atoms with van der Waals surface area (Å²) in [5.74, 6) is -1.39. The lowest BCUT2D eigenvalue weighted by molar-refractivity contribution is -0.159. The van der Waals surface area contributed by atoms with Gasteiger partial charge in [-0.15, -0.1) is 0 Å². The predicted molar refractivity (Wildman–Crippen MR) is 84.7 cm³/mol. The third-order valence-corrected chi connectivity index (χ3v) is 6.44. The Morgan fingerprint density at radius 1 is 1.29 bits per heavy atom. The van der Waals surface area contributed by atoms with Gasteiger partial charge in [0.25, 0.3) is 5.91 Å². The first kappa shape index (κ1) is 16.9. The molecule has 0 bridgehead atoms. The summed E-state index contributed by atoms with van der Waals surface area (Å²) in [6.07, 6.45) is 2.14. The smallest absolute Gasteiger partial charge is 0.337 e. The number of rotatable bonds is 4. The van der Waals surface area contributed by atoms with Crippen molar-refractivity contribution in [2.24, 2.45) is 0 Å². The molecule has 24 heavy (non-hydrogen) atoms. The number of hydrogen-bond donors (Lipinski definition) is 2. The molecule has 1 atom stereocenters. The molecule has 1 aromatic carbocycles. The van der Waals surface area contributed by atoms with E-state index < -0.39 is 27.3 Å². The number of sulfone groups is 1. The maximum absolute atomic E-state index is 12.3. The Morgan fingerprint density at radius 2 is 2.08 bits per heavy atom. The first-order valence-corrected chi connectivity index (χ1v) is 9.51. The number of carboxylic acids is 1. The molecule has 1 amide bonds. The summed E-state index contributed by atoms with van der Waals surface area (Å²) in [6, 6.07) is 4.49. The molecule has 2 N–H and O–H groups in total. The van der Waals surface area contributed by atoms with Crippen molar-refractivity contribution in [3.8, 4) is 0 Å². The fraction of sp³-hybridized carbons (Fsp3) is 0.500. The van der Waals surface area contributed by atoms with Crippen molar-refractivity contribution < 1.29 is 27.9 Å². The second kappa shape index (κ2) is 6.18.